The maximum absolute atomic E-state index is 12.9. The second-order valence-corrected chi connectivity index (χ2v) is 7.52. The number of fused-ring (bicyclic) bond motifs is 1. The number of H-pyrrole nitrogens is 1. The molecule has 24 heavy (non-hydrogen) atoms. The van der Waals surface area contributed by atoms with Gasteiger partial charge in [-0.3, -0.25) is 9.89 Å². The molecule has 0 atom stereocenters. The maximum Gasteiger partial charge on any atom is 0.282 e. The number of benzene rings is 1. The van der Waals surface area contributed by atoms with Crippen LogP contribution in [0.4, 0.5) is 0 Å². The smallest absolute Gasteiger partial charge is 0.282 e. The van der Waals surface area contributed by atoms with Gasteiger partial charge in [-0.15, -0.1) is 0 Å². The highest BCUT2D eigenvalue weighted by molar-refractivity contribution is 7.20. The molecule has 0 amide bonds. The van der Waals surface area contributed by atoms with Crippen LogP contribution in [0.2, 0.25) is 0 Å². The van der Waals surface area contributed by atoms with Gasteiger partial charge in [-0.2, -0.15) is 14.9 Å². The summed E-state index contributed by atoms with van der Waals surface area (Å²) >= 11 is 1.44. The zero-order chi connectivity index (χ0) is 17.5. The average molecular weight is 339 g/mol. The molecule has 3 aromatic rings. The molecule has 0 radical (unpaired) electrons. The summed E-state index contributed by atoms with van der Waals surface area (Å²) in [7, 11) is 0. The fraction of sp³-hybridized carbons (Fsp3) is 0.294. The predicted molar refractivity (Wildman–Crippen MR) is 96.1 cm³/mol. The van der Waals surface area contributed by atoms with Crippen molar-refractivity contribution in [3.05, 3.63) is 45.9 Å². The van der Waals surface area contributed by atoms with Gasteiger partial charge >= 0.3 is 0 Å². The monoisotopic (exact) mass is 339 g/mol. The van der Waals surface area contributed by atoms with E-state index in [-0.39, 0.29) is 11.0 Å². The number of aliphatic imine (C=N–C) groups is 1. The van der Waals surface area contributed by atoms with E-state index in [1.165, 1.54) is 16.0 Å². The van der Waals surface area contributed by atoms with Crippen LogP contribution in [0.1, 0.15) is 39.0 Å². The molecule has 0 aliphatic rings. The van der Waals surface area contributed by atoms with Gasteiger partial charge < -0.3 is 0 Å². The molecule has 2 aromatic heterocycles. The molecule has 2 heterocycles. The molecule has 0 spiro atoms. The van der Waals surface area contributed by atoms with Crippen LogP contribution in [0, 0.1) is 11.5 Å². The molecule has 6 nitrogen and oxygen atoms in total. The lowest BCUT2D eigenvalue weighted by Crippen LogP contribution is -2.21. The van der Waals surface area contributed by atoms with E-state index in [1.807, 2.05) is 45.0 Å². The van der Waals surface area contributed by atoms with E-state index >= 15 is 0 Å². The molecule has 0 bridgehead atoms. The predicted octanol–water partition coefficient (Wildman–Crippen LogP) is 3.36. The number of aromatic nitrogens is 3. The Morgan fingerprint density at radius 2 is 2.08 bits per heavy atom. The van der Waals surface area contributed by atoms with E-state index in [4.69, 9.17) is 5.26 Å². The number of nitriles is 1. The van der Waals surface area contributed by atoms with Crippen molar-refractivity contribution >= 4 is 27.3 Å². The van der Waals surface area contributed by atoms with Gasteiger partial charge in [0.25, 0.3) is 5.56 Å². The van der Waals surface area contributed by atoms with Gasteiger partial charge in [-0.05, 0) is 19.1 Å². The standard InChI is InChI=1S/C17H17N5OS/c1-10(19-9-18)13-14(17(2,3)4)21-22(15(13)23)16-20-11-7-5-6-8-12(11)24-16/h5-8,21H,1-4H3. The number of rotatable bonds is 2. The van der Waals surface area contributed by atoms with Crippen molar-refractivity contribution in [1.82, 2.24) is 14.8 Å². The Bertz CT molecular complexity index is 1010. The lowest BCUT2D eigenvalue weighted by molar-refractivity contribution is 0.559. The molecule has 0 aliphatic carbocycles. The van der Waals surface area contributed by atoms with Crippen LogP contribution < -0.4 is 5.56 Å². The van der Waals surface area contributed by atoms with E-state index in [1.54, 1.807) is 13.1 Å². The number of hydrogen-bond acceptors (Lipinski definition) is 5. The van der Waals surface area contributed by atoms with E-state index in [0.717, 1.165) is 15.9 Å². The fourth-order valence-electron chi connectivity index (χ4n) is 2.54. The molecule has 0 saturated carbocycles. The number of nitrogens with one attached hydrogen (secondary N) is 1. The van der Waals surface area contributed by atoms with Crippen molar-refractivity contribution < 1.29 is 0 Å². The van der Waals surface area contributed by atoms with Crippen LogP contribution in [0.15, 0.2) is 34.1 Å². The maximum atomic E-state index is 12.9. The van der Waals surface area contributed by atoms with E-state index in [9.17, 15) is 4.79 Å². The molecule has 0 saturated heterocycles. The fourth-order valence-corrected chi connectivity index (χ4v) is 3.46. The first-order valence-corrected chi connectivity index (χ1v) is 8.30. The molecule has 0 unspecified atom stereocenters. The first-order valence-electron chi connectivity index (χ1n) is 7.48. The van der Waals surface area contributed by atoms with Gasteiger partial charge in [0, 0.05) is 5.41 Å². The Morgan fingerprint density at radius 3 is 2.71 bits per heavy atom. The average Bonchev–Trinajstić information content (AvgIpc) is 3.07. The van der Waals surface area contributed by atoms with Gasteiger partial charge in [-0.1, -0.05) is 44.2 Å². The number of thiazole rings is 1. The summed E-state index contributed by atoms with van der Waals surface area (Å²) in [6, 6.07) is 7.74. The topological polar surface area (TPSA) is 86.8 Å². The molecule has 1 N–H and O–H groups in total. The van der Waals surface area contributed by atoms with E-state index < -0.39 is 0 Å². The zero-order valence-electron chi connectivity index (χ0n) is 13.9. The molecular weight excluding hydrogens is 322 g/mol. The summed E-state index contributed by atoms with van der Waals surface area (Å²) in [5, 5.41) is 12.6. The Balaban J connectivity index is 2.28. The minimum Gasteiger partial charge on any atom is -0.292 e. The largest absolute Gasteiger partial charge is 0.292 e. The lowest BCUT2D eigenvalue weighted by atomic mass is 9.88. The van der Waals surface area contributed by atoms with Crippen molar-refractivity contribution in [2.24, 2.45) is 4.99 Å². The molecule has 3 rings (SSSR count). The highest BCUT2D eigenvalue weighted by Crippen LogP contribution is 2.27. The molecular formula is C17H17N5OS. The number of nitrogens with zero attached hydrogens (tertiary/aromatic N) is 4. The van der Waals surface area contributed by atoms with Crippen LogP contribution in [0.5, 0.6) is 0 Å². The first kappa shape index (κ1) is 16.1. The summed E-state index contributed by atoms with van der Waals surface area (Å²) < 4.78 is 2.45. The van der Waals surface area contributed by atoms with Crippen molar-refractivity contribution in [2.45, 2.75) is 33.1 Å². The second-order valence-electron chi connectivity index (χ2n) is 6.51. The first-order chi connectivity index (χ1) is 11.3. The number of para-hydroxylation sites is 1. The van der Waals surface area contributed by atoms with E-state index in [2.05, 4.69) is 15.1 Å². The van der Waals surface area contributed by atoms with Crippen LogP contribution in [0.3, 0.4) is 0 Å². The highest BCUT2D eigenvalue weighted by atomic mass is 32.1. The summed E-state index contributed by atoms with van der Waals surface area (Å²) in [6.07, 6.45) is 1.76. The minimum absolute atomic E-state index is 0.240. The molecule has 122 valence electrons. The third-order valence-electron chi connectivity index (χ3n) is 3.69. The summed E-state index contributed by atoms with van der Waals surface area (Å²) in [4.78, 5) is 21.2. The quantitative estimate of drug-likeness (QED) is 0.573. The van der Waals surface area contributed by atoms with Crippen molar-refractivity contribution in [3.8, 4) is 11.3 Å². The Hall–Kier alpha value is -2.72. The van der Waals surface area contributed by atoms with Gasteiger partial charge in [0.15, 0.2) is 0 Å². The van der Waals surface area contributed by atoms with Crippen molar-refractivity contribution in [1.29, 1.82) is 5.26 Å². The highest BCUT2D eigenvalue weighted by Gasteiger charge is 2.27. The third-order valence-corrected chi connectivity index (χ3v) is 4.72. The normalized spacial score (nSPS) is 12.5. The van der Waals surface area contributed by atoms with Crippen LogP contribution in [-0.2, 0) is 5.41 Å². The second kappa shape index (κ2) is 5.73. The Labute approximate surface area is 143 Å². The Kier molecular flexibility index (Phi) is 3.85. The lowest BCUT2D eigenvalue weighted by Gasteiger charge is -2.17. The minimum atomic E-state index is -0.303. The van der Waals surface area contributed by atoms with Crippen molar-refractivity contribution in [2.75, 3.05) is 0 Å². The SMILES string of the molecule is CC(=NC#N)c1c(C(C)(C)C)[nH]n(-c2nc3ccccc3s2)c1=O. The summed E-state index contributed by atoms with van der Waals surface area (Å²) in [6.45, 7) is 7.68. The number of hydrogen-bond donors (Lipinski definition) is 1. The van der Waals surface area contributed by atoms with Gasteiger partial charge in [-0.25, -0.2) is 4.98 Å². The van der Waals surface area contributed by atoms with Crippen LogP contribution in [-0.4, -0.2) is 20.5 Å². The summed E-state index contributed by atoms with van der Waals surface area (Å²) in [5.41, 5.74) is 1.88. The molecule has 0 aliphatic heterocycles. The molecule has 1 aromatic carbocycles. The zero-order valence-corrected chi connectivity index (χ0v) is 14.7. The van der Waals surface area contributed by atoms with Crippen LogP contribution >= 0.6 is 11.3 Å². The third kappa shape index (κ3) is 2.65. The van der Waals surface area contributed by atoms with Gasteiger partial charge in [0.2, 0.25) is 11.3 Å². The van der Waals surface area contributed by atoms with Gasteiger partial charge in [0.1, 0.15) is 0 Å². The molecule has 7 heteroatoms. The van der Waals surface area contributed by atoms with Crippen molar-refractivity contribution in [3.63, 3.8) is 0 Å². The Morgan fingerprint density at radius 1 is 1.38 bits per heavy atom. The number of aromatic amines is 1. The molecule has 0 fully saturated rings. The van der Waals surface area contributed by atoms with E-state index in [0.29, 0.717) is 16.4 Å². The van der Waals surface area contributed by atoms with Crippen LogP contribution in [0.25, 0.3) is 15.3 Å². The van der Waals surface area contributed by atoms with Gasteiger partial charge in [0.05, 0.1) is 27.2 Å². The summed E-state index contributed by atoms with van der Waals surface area (Å²) in [5.74, 6) is 0.